The van der Waals surface area contributed by atoms with Crippen molar-refractivity contribution in [2.24, 2.45) is 0 Å². The van der Waals surface area contributed by atoms with Gasteiger partial charge < -0.3 is 9.84 Å². The summed E-state index contributed by atoms with van der Waals surface area (Å²) >= 11 is 0. The van der Waals surface area contributed by atoms with Crippen molar-refractivity contribution in [1.82, 2.24) is 9.78 Å². The number of benzene rings is 1. The topological polar surface area (TPSA) is 47.3 Å². The van der Waals surface area contributed by atoms with E-state index in [0.717, 1.165) is 35.7 Å². The number of aliphatic hydroxyl groups excluding tert-OH is 1. The summed E-state index contributed by atoms with van der Waals surface area (Å²) in [6.45, 7) is 4.96. The lowest BCUT2D eigenvalue weighted by atomic mass is 10.0. The van der Waals surface area contributed by atoms with Crippen LogP contribution >= 0.6 is 0 Å². The number of rotatable bonds is 6. The van der Waals surface area contributed by atoms with Crippen molar-refractivity contribution in [1.29, 1.82) is 0 Å². The van der Waals surface area contributed by atoms with E-state index in [1.165, 1.54) is 0 Å². The van der Waals surface area contributed by atoms with Crippen molar-refractivity contribution in [3.05, 3.63) is 47.3 Å². The zero-order valence-corrected chi connectivity index (χ0v) is 12.3. The van der Waals surface area contributed by atoms with Gasteiger partial charge in [0.2, 0.25) is 0 Å². The third-order valence-corrected chi connectivity index (χ3v) is 3.48. The van der Waals surface area contributed by atoms with Gasteiger partial charge in [0, 0.05) is 24.2 Å². The predicted molar refractivity (Wildman–Crippen MR) is 78.9 cm³/mol. The Labute approximate surface area is 120 Å². The highest BCUT2D eigenvalue weighted by Crippen LogP contribution is 2.27. The second-order valence-corrected chi connectivity index (χ2v) is 4.76. The number of methoxy groups -OCH3 is 1. The lowest BCUT2D eigenvalue weighted by Crippen LogP contribution is -2.09. The van der Waals surface area contributed by atoms with Crippen LogP contribution in [0.25, 0.3) is 0 Å². The van der Waals surface area contributed by atoms with Crippen molar-refractivity contribution in [2.45, 2.75) is 39.3 Å². The first-order chi connectivity index (χ1) is 9.69. The molecule has 2 rings (SSSR count). The van der Waals surface area contributed by atoms with Crippen LogP contribution in [0.1, 0.15) is 36.9 Å². The van der Waals surface area contributed by atoms with Gasteiger partial charge in [-0.2, -0.15) is 5.10 Å². The maximum absolute atomic E-state index is 10.5. The Kier molecular flexibility index (Phi) is 4.79. The molecule has 1 N–H and O–H groups in total. The molecule has 0 aliphatic heterocycles. The van der Waals surface area contributed by atoms with Gasteiger partial charge in [-0.1, -0.05) is 25.1 Å². The third kappa shape index (κ3) is 3.02. The number of hydrogen-bond acceptors (Lipinski definition) is 3. The number of aromatic nitrogens is 2. The first-order valence-corrected chi connectivity index (χ1v) is 7.06. The van der Waals surface area contributed by atoms with Gasteiger partial charge in [0.15, 0.2) is 0 Å². The number of nitrogens with zero attached hydrogens (tertiary/aromatic N) is 2. The Hall–Kier alpha value is -1.81. The Balaban J connectivity index is 2.22. The Bertz CT molecular complexity index is 563. The first-order valence-electron chi connectivity index (χ1n) is 7.06. The van der Waals surface area contributed by atoms with E-state index in [2.05, 4.69) is 25.0 Å². The molecule has 1 heterocycles. The average Bonchev–Trinajstić information content (AvgIpc) is 2.89. The van der Waals surface area contributed by atoms with Crippen LogP contribution in [0.15, 0.2) is 30.3 Å². The molecule has 1 aromatic heterocycles. The molecule has 0 fully saturated rings. The van der Waals surface area contributed by atoms with Crippen molar-refractivity contribution in [2.75, 3.05) is 7.11 Å². The smallest absolute Gasteiger partial charge is 0.124 e. The van der Waals surface area contributed by atoms with Crippen molar-refractivity contribution in [3.63, 3.8) is 0 Å². The van der Waals surface area contributed by atoms with Gasteiger partial charge in [-0.15, -0.1) is 0 Å². The lowest BCUT2D eigenvalue weighted by Gasteiger charge is -2.15. The summed E-state index contributed by atoms with van der Waals surface area (Å²) in [4.78, 5) is 0. The maximum Gasteiger partial charge on any atom is 0.124 e. The molecule has 0 aliphatic carbocycles. The molecule has 1 unspecified atom stereocenters. The Morgan fingerprint density at radius 3 is 2.70 bits per heavy atom. The molecule has 108 valence electrons. The maximum atomic E-state index is 10.5. The van der Waals surface area contributed by atoms with E-state index < -0.39 is 6.10 Å². The minimum atomic E-state index is -0.585. The highest BCUT2D eigenvalue weighted by Gasteiger charge is 2.16. The minimum Gasteiger partial charge on any atom is -0.496 e. The molecule has 1 aromatic carbocycles. The van der Waals surface area contributed by atoms with Crippen LogP contribution in [0.3, 0.4) is 0 Å². The zero-order valence-electron chi connectivity index (χ0n) is 12.3. The van der Waals surface area contributed by atoms with Crippen molar-refractivity contribution in [3.8, 4) is 5.75 Å². The van der Waals surface area contributed by atoms with Crippen molar-refractivity contribution < 1.29 is 9.84 Å². The largest absolute Gasteiger partial charge is 0.496 e. The summed E-state index contributed by atoms with van der Waals surface area (Å²) < 4.78 is 7.26. The molecule has 4 nitrogen and oxygen atoms in total. The quantitative estimate of drug-likeness (QED) is 0.881. The third-order valence-electron chi connectivity index (χ3n) is 3.48. The molecule has 4 heteroatoms. The number of aliphatic hydroxyl groups is 1. The normalized spacial score (nSPS) is 12.4. The van der Waals surface area contributed by atoms with Crippen LogP contribution in [0.2, 0.25) is 0 Å². The summed E-state index contributed by atoms with van der Waals surface area (Å²) in [6.07, 6.45) is 0.865. The van der Waals surface area contributed by atoms with Crippen LogP contribution in [0.5, 0.6) is 5.75 Å². The zero-order chi connectivity index (χ0) is 14.5. The summed E-state index contributed by atoms with van der Waals surface area (Å²) in [5, 5.41) is 15.0. The fourth-order valence-electron chi connectivity index (χ4n) is 2.38. The summed E-state index contributed by atoms with van der Waals surface area (Å²) in [5.41, 5.74) is 2.94. The Morgan fingerprint density at radius 2 is 2.05 bits per heavy atom. The van der Waals surface area contributed by atoms with Gasteiger partial charge in [0.1, 0.15) is 5.75 Å². The minimum absolute atomic E-state index is 0.543. The fraction of sp³-hybridized carbons (Fsp3) is 0.438. The molecule has 0 saturated heterocycles. The molecular formula is C16H22N2O2. The van der Waals surface area contributed by atoms with E-state index in [0.29, 0.717) is 6.42 Å². The molecule has 1 atom stereocenters. The van der Waals surface area contributed by atoms with E-state index in [4.69, 9.17) is 4.74 Å². The second kappa shape index (κ2) is 6.57. The highest BCUT2D eigenvalue weighted by molar-refractivity contribution is 5.35. The molecule has 0 aliphatic rings. The van der Waals surface area contributed by atoms with Crippen LogP contribution < -0.4 is 4.74 Å². The van der Waals surface area contributed by atoms with Gasteiger partial charge in [-0.3, -0.25) is 4.68 Å². The van der Waals surface area contributed by atoms with Crippen LogP contribution in [-0.4, -0.2) is 22.0 Å². The molecule has 0 saturated carbocycles. The van der Waals surface area contributed by atoms with Gasteiger partial charge in [0.05, 0.1) is 18.9 Å². The monoisotopic (exact) mass is 274 g/mol. The van der Waals surface area contributed by atoms with E-state index >= 15 is 0 Å². The molecule has 0 radical (unpaired) electrons. The van der Waals surface area contributed by atoms with E-state index in [1.54, 1.807) is 7.11 Å². The molecule has 2 aromatic rings. The predicted octanol–water partition coefficient (Wildman–Crippen LogP) is 2.75. The fourth-order valence-corrected chi connectivity index (χ4v) is 2.38. The summed E-state index contributed by atoms with van der Waals surface area (Å²) in [5.74, 6) is 0.721. The standard InChI is InChI=1S/C16H22N2O2/c1-4-12-10-13(18(5-2)17-12)11-15(19)14-8-6-7-9-16(14)20-3/h6-10,15,19H,4-5,11H2,1-3H3. The van der Waals surface area contributed by atoms with Crippen LogP contribution in [-0.2, 0) is 19.4 Å². The molecule has 20 heavy (non-hydrogen) atoms. The van der Waals surface area contributed by atoms with E-state index in [-0.39, 0.29) is 0 Å². The van der Waals surface area contributed by atoms with Crippen molar-refractivity contribution >= 4 is 0 Å². The Morgan fingerprint density at radius 1 is 1.30 bits per heavy atom. The average molecular weight is 274 g/mol. The van der Waals surface area contributed by atoms with Gasteiger partial charge in [-0.25, -0.2) is 0 Å². The number of para-hydroxylation sites is 1. The van der Waals surface area contributed by atoms with Gasteiger partial charge in [0.25, 0.3) is 0 Å². The molecular weight excluding hydrogens is 252 g/mol. The van der Waals surface area contributed by atoms with Crippen LogP contribution in [0, 0.1) is 0 Å². The summed E-state index contributed by atoms with van der Waals surface area (Å²) in [6, 6.07) is 9.66. The number of aryl methyl sites for hydroxylation is 2. The molecule has 0 spiro atoms. The second-order valence-electron chi connectivity index (χ2n) is 4.76. The van der Waals surface area contributed by atoms with E-state index in [9.17, 15) is 5.11 Å². The number of hydrogen-bond donors (Lipinski definition) is 1. The summed E-state index contributed by atoms with van der Waals surface area (Å²) in [7, 11) is 1.62. The first kappa shape index (κ1) is 14.6. The SMILES string of the molecule is CCc1cc(CC(O)c2ccccc2OC)n(CC)n1. The van der Waals surface area contributed by atoms with E-state index in [1.807, 2.05) is 28.9 Å². The van der Waals surface area contributed by atoms with Gasteiger partial charge in [-0.05, 0) is 25.5 Å². The number of ether oxygens (including phenoxy) is 1. The highest BCUT2D eigenvalue weighted by atomic mass is 16.5. The van der Waals surface area contributed by atoms with Gasteiger partial charge >= 0.3 is 0 Å². The lowest BCUT2D eigenvalue weighted by molar-refractivity contribution is 0.171. The molecule has 0 bridgehead atoms. The molecule has 0 amide bonds. The van der Waals surface area contributed by atoms with Crippen LogP contribution in [0.4, 0.5) is 0 Å².